The second kappa shape index (κ2) is 10.4. The number of halogens is 2. The van der Waals surface area contributed by atoms with Gasteiger partial charge in [0.25, 0.3) is 0 Å². The van der Waals surface area contributed by atoms with Crippen LogP contribution >= 0.6 is 35.0 Å². The van der Waals surface area contributed by atoms with Crippen LogP contribution in [0.15, 0.2) is 47.6 Å². The fourth-order valence-corrected chi connectivity index (χ4v) is 4.08. The van der Waals surface area contributed by atoms with Crippen LogP contribution in [0.1, 0.15) is 44.2 Å². The van der Waals surface area contributed by atoms with E-state index in [4.69, 9.17) is 27.9 Å². The molecule has 1 unspecified atom stereocenters. The maximum absolute atomic E-state index is 12.3. The topological polar surface area (TPSA) is 69.0 Å². The molecule has 2 aromatic carbocycles. The second-order valence-corrected chi connectivity index (χ2v) is 9.13. The van der Waals surface area contributed by atoms with Crippen LogP contribution in [-0.2, 0) is 11.8 Å². The summed E-state index contributed by atoms with van der Waals surface area (Å²) in [4.78, 5) is 12.3. The minimum absolute atomic E-state index is 0.164. The highest BCUT2D eigenvalue weighted by Crippen LogP contribution is 2.27. The van der Waals surface area contributed by atoms with Crippen LogP contribution < -0.4 is 10.1 Å². The van der Waals surface area contributed by atoms with Crippen LogP contribution in [0.5, 0.6) is 5.75 Å². The van der Waals surface area contributed by atoms with Crippen molar-refractivity contribution in [2.24, 2.45) is 7.05 Å². The lowest BCUT2D eigenvalue weighted by Crippen LogP contribution is -2.15. The summed E-state index contributed by atoms with van der Waals surface area (Å²) in [6.07, 6.45) is -0.293. The molecule has 9 heteroatoms. The summed E-state index contributed by atoms with van der Waals surface area (Å²) in [7, 11) is 1.85. The number of nitrogens with one attached hydrogen (secondary N) is 1. The molecule has 0 aliphatic heterocycles. The molecule has 1 amide bonds. The number of rotatable bonds is 8. The first-order chi connectivity index (χ1) is 14.7. The zero-order valence-corrected chi connectivity index (χ0v) is 20.1. The Balaban J connectivity index is 1.58. The number of hydrogen-bond acceptors (Lipinski definition) is 5. The summed E-state index contributed by atoms with van der Waals surface area (Å²) in [5, 5.41) is 12.7. The van der Waals surface area contributed by atoms with E-state index in [0.717, 1.165) is 5.75 Å². The van der Waals surface area contributed by atoms with E-state index in [-0.39, 0.29) is 17.8 Å². The number of nitrogens with zero attached hydrogens (tertiary/aromatic N) is 3. The molecule has 0 fully saturated rings. The first-order valence-electron chi connectivity index (χ1n) is 9.78. The third kappa shape index (κ3) is 6.15. The predicted molar refractivity (Wildman–Crippen MR) is 126 cm³/mol. The predicted octanol–water partition coefficient (Wildman–Crippen LogP) is 6.12. The smallest absolute Gasteiger partial charge is 0.234 e. The molecule has 6 nitrogen and oxygen atoms in total. The largest absolute Gasteiger partial charge is 0.483 e. The molecule has 0 saturated carbocycles. The van der Waals surface area contributed by atoms with Crippen LogP contribution in [-0.4, -0.2) is 26.4 Å². The molecule has 0 radical (unpaired) electrons. The van der Waals surface area contributed by atoms with Crippen LogP contribution in [0, 0.1) is 0 Å². The molecule has 164 valence electrons. The van der Waals surface area contributed by atoms with E-state index in [2.05, 4.69) is 41.5 Å². The zero-order valence-electron chi connectivity index (χ0n) is 17.7. The van der Waals surface area contributed by atoms with E-state index < -0.39 is 0 Å². The first-order valence-corrected chi connectivity index (χ1v) is 11.5. The SMILES string of the molecule is CC(C)c1ccc(OC(C)c2nnc(SCC(=O)Nc3ccc(Cl)cc3Cl)n2C)cc1. The molecule has 0 bridgehead atoms. The molecule has 1 heterocycles. The maximum Gasteiger partial charge on any atom is 0.234 e. The lowest BCUT2D eigenvalue weighted by atomic mass is 10.0. The molecule has 1 aromatic heterocycles. The third-order valence-corrected chi connectivity index (χ3v) is 6.20. The number of anilines is 1. The fraction of sp³-hybridized carbons (Fsp3) is 0.318. The number of ether oxygens (including phenoxy) is 1. The minimum atomic E-state index is -0.293. The highest BCUT2D eigenvalue weighted by molar-refractivity contribution is 7.99. The van der Waals surface area contributed by atoms with Gasteiger partial charge in [-0.2, -0.15) is 0 Å². The quantitative estimate of drug-likeness (QED) is 0.395. The van der Waals surface area contributed by atoms with Gasteiger partial charge in [-0.15, -0.1) is 10.2 Å². The molecule has 1 N–H and O–H groups in total. The van der Waals surface area contributed by atoms with Crippen LogP contribution in [0.2, 0.25) is 10.0 Å². The average molecular weight is 479 g/mol. The Morgan fingerprint density at radius 2 is 1.84 bits per heavy atom. The van der Waals surface area contributed by atoms with Crippen molar-refractivity contribution in [3.05, 3.63) is 63.9 Å². The van der Waals surface area contributed by atoms with E-state index >= 15 is 0 Å². The van der Waals surface area contributed by atoms with E-state index in [1.54, 1.807) is 18.2 Å². The van der Waals surface area contributed by atoms with Crippen LogP contribution in [0.4, 0.5) is 5.69 Å². The molecule has 1 atom stereocenters. The van der Waals surface area contributed by atoms with Gasteiger partial charge in [-0.05, 0) is 48.7 Å². The lowest BCUT2D eigenvalue weighted by molar-refractivity contribution is -0.113. The maximum atomic E-state index is 12.3. The van der Waals surface area contributed by atoms with Gasteiger partial charge in [0.1, 0.15) is 5.75 Å². The molecule has 0 aliphatic carbocycles. The summed E-state index contributed by atoms with van der Waals surface area (Å²) >= 11 is 13.3. The number of aromatic nitrogens is 3. The molecule has 0 spiro atoms. The van der Waals surface area contributed by atoms with Gasteiger partial charge in [0, 0.05) is 12.1 Å². The van der Waals surface area contributed by atoms with Crippen molar-refractivity contribution in [1.29, 1.82) is 0 Å². The summed E-state index contributed by atoms with van der Waals surface area (Å²) in [5.74, 6) is 1.88. The van der Waals surface area contributed by atoms with Crippen molar-refractivity contribution < 1.29 is 9.53 Å². The number of benzene rings is 2. The summed E-state index contributed by atoms with van der Waals surface area (Å²) < 4.78 is 7.85. The summed E-state index contributed by atoms with van der Waals surface area (Å²) in [6, 6.07) is 13.0. The summed E-state index contributed by atoms with van der Waals surface area (Å²) in [6.45, 7) is 6.23. The van der Waals surface area contributed by atoms with E-state index in [9.17, 15) is 4.79 Å². The van der Waals surface area contributed by atoms with Crippen molar-refractivity contribution in [2.75, 3.05) is 11.1 Å². The molecular weight excluding hydrogens is 455 g/mol. The van der Waals surface area contributed by atoms with Gasteiger partial charge in [-0.25, -0.2) is 0 Å². The van der Waals surface area contributed by atoms with Crippen LogP contribution in [0.25, 0.3) is 0 Å². The van der Waals surface area contributed by atoms with E-state index in [1.165, 1.54) is 17.3 Å². The van der Waals surface area contributed by atoms with Gasteiger partial charge in [-0.3, -0.25) is 4.79 Å². The van der Waals surface area contributed by atoms with Gasteiger partial charge in [0.05, 0.1) is 16.5 Å². The van der Waals surface area contributed by atoms with Crippen molar-refractivity contribution in [1.82, 2.24) is 14.8 Å². The molecule has 3 rings (SSSR count). The average Bonchev–Trinajstić information content (AvgIpc) is 3.09. The Morgan fingerprint density at radius 3 is 2.48 bits per heavy atom. The first kappa shape index (κ1) is 23.4. The number of amides is 1. The van der Waals surface area contributed by atoms with Crippen molar-refractivity contribution in [3.63, 3.8) is 0 Å². The number of hydrogen-bond donors (Lipinski definition) is 1. The third-order valence-electron chi connectivity index (χ3n) is 4.63. The van der Waals surface area contributed by atoms with Crippen LogP contribution in [0.3, 0.4) is 0 Å². The Bertz CT molecular complexity index is 1050. The van der Waals surface area contributed by atoms with Crippen molar-refractivity contribution in [2.45, 2.75) is 37.9 Å². The van der Waals surface area contributed by atoms with Gasteiger partial charge in [0.2, 0.25) is 5.91 Å². The Labute approximate surface area is 196 Å². The number of thioether (sulfide) groups is 1. The number of carbonyl (C=O) groups excluding carboxylic acids is 1. The molecule has 3 aromatic rings. The Morgan fingerprint density at radius 1 is 1.13 bits per heavy atom. The highest BCUT2D eigenvalue weighted by Gasteiger charge is 2.18. The van der Waals surface area contributed by atoms with Gasteiger partial charge < -0.3 is 14.6 Å². The fourth-order valence-electron chi connectivity index (χ4n) is 2.90. The minimum Gasteiger partial charge on any atom is -0.483 e. The van der Waals surface area contributed by atoms with Gasteiger partial charge in [0.15, 0.2) is 17.1 Å². The molecule has 0 saturated heterocycles. The van der Waals surface area contributed by atoms with E-state index in [0.29, 0.717) is 32.6 Å². The van der Waals surface area contributed by atoms with E-state index in [1.807, 2.05) is 30.7 Å². The molecule has 0 aliphatic rings. The normalized spacial score (nSPS) is 12.1. The molecule has 31 heavy (non-hydrogen) atoms. The van der Waals surface area contributed by atoms with Crippen molar-refractivity contribution >= 4 is 46.6 Å². The molecular formula is C22H24Cl2N4O2S. The summed E-state index contributed by atoms with van der Waals surface area (Å²) in [5.41, 5.74) is 1.77. The standard InChI is InChI=1S/C22H24Cl2N4O2S/c1-13(2)15-5-8-17(9-6-15)30-14(3)21-26-27-22(28(21)4)31-12-20(29)25-19-10-7-16(23)11-18(19)24/h5-11,13-14H,12H2,1-4H3,(H,25,29). The highest BCUT2D eigenvalue weighted by atomic mass is 35.5. The second-order valence-electron chi connectivity index (χ2n) is 7.34. The number of carbonyl (C=O) groups is 1. The van der Waals surface area contributed by atoms with Gasteiger partial charge in [-0.1, -0.05) is 60.9 Å². The Hall–Kier alpha value is -2.22. The van der Waals surface area contributed by atoms with Crippen molar-refractivity contribution in [3.8, 4) is 5.75 Å². The Kier molecular flexibility index (Phi) is 7.86. The lowest BCUT2D eigenvalue weighted by Gasteiger charge is -2.15. The zero-order chi connectivity index (χ0) is 22.5. The monoisotopic (exact) mass is 478 g/mol. The van der Waals surface area contributed by atoms with Gasteiger partial charge >= 0.3 is 0 Å².